The van der Waals surface area contributed by atoms with Crippen molar-refractivity contribution in [2.75, 3.05) is 12.9 Å². The molecule has 178 valence electrons. The lowest BCUT2D eigenvalue weighted by Gasteiger charge is -2.41. The summed E-state index contributed by atoms with van der Waals surface area (Å²) in [6.07, 6.45) is 13.4. The smallest absolute Gasteiger partial charge is 0.338 e. The Hall–Kier alpha value is -2.35. The predicted octanol–water partition coefficient (Wildman–Crippen LogP) is 4.95. The molecule has 1 amide bonds. The summed E-state index contributed by atoms with van der Waals surface area (Å²) in [6.45, 7) is 1.71. The van der Waals surface area contributed by atoms with Gasteiger partial charge in [0.1, 0.15) is 5.82 Å². The van der Waals surface area contributed by atoms with Crippen LogP contribution in [0, 0.1) is 6.92 Å². The van der Waals surface area contributed by atoms with E-state index in [4.69, 9.17) is 4.74 Å². The van der Waals surface area contributed by atoms with E-state index in [-0.39, 0.29) is 12.5 Å². The highest BCUT2D eigenvalue weighted by Crippen LogP contribution is 2.30. The fourth-order valence-corrected chi connectivity index (χ4v) is 5.77. The molecule has 33 heavy (non-hydrogen) atoms. The molecule has 2 aromatic rings. The fraction of sp³-hybridized carbons (Fsp3) is 0.600. The van der Waals surface area contributed by atoms with Gasteiger partial charge >= 0.3 is 5.97 Å². The van der Waals surface area contributed by atoms with Gasteiger partial charge in [-0.2, -0.15) is 0 Å². The second-order valence-electron chi connectivity index (χ2n) is 9.08. The number of rotatable bonds is 7. The number of aryl methyl sites for hydroxylation is 1. The van der Waals surface area contributed by atoms with E-state index in [2.05, 4.69) is 15.1 Å². The van der Waals surface area contributed by atoms with E-state index in [1.54, 1.807) is 12.1 Å². The zero-order valence-corrected chi connectivity index (χ0v) is 20.5. The largest absolute Gasteiger partial charge is 0.452 e. The van der Waals surface area contributed by atoms with Crippen LogP contribution in [-0.4, -0.2) is 56.5 Å². The highest BCUT2D eigenvalue weighted by atomic mass is 32.2. The van der Waals surface area contributed by atoms with Gasteiger partial charge < -0.3 is 9.64 Å². The van der Waals surface area contributed by atoms with E-state index in [0.717, 1.165) is 42.4 Å². The Labute approximate surface area is 200 Å². The molecule has 1 heterocycles. The normalized spacial score (nSPS) is 17.6. The third kappa shape index (κ3) is 5.60. The molecule has 7 nitrogen and oxygen atoms in total. The van der Waals surface area contributed by atoms with Gasteiger partial charge in [-0.3, -0.25) is 9.36 Å². The van der Waals surface area contributed by atoms with E-state index in [0.29, 0.717) is 17.6 Å². The van der Waals surface area contributed by atoms with Crippen molar-refractivity contribution in [3.05, 3.63) is 35.7 Å². The van der Waals surface area contributed by atoms with Crippen molar-refractivity contribution in [3.8, 4) is 5.69 Å². The summed E-state index contributed by atoms with van der Waals surface area (Å²) < 4.78 is 7.43. The van der Waals surface area contributed by atoms with Gasteiger partial charge in [0.2, 0.25) is 0 Å². The molecule has 0 radical (unpaired) electrons. The van der Waals surface area contributed by atoms with E-state index in [9.17, 15) is 9.59 Å². The molecule has 0 saturated heterocycles. The molecule has 0 unspecified atom stereocenters. The lowest BCUT2D eigenvalue weighted by atomic mass is 9.88. The monoisotopic (exact) mass is 470 g/mol. The third-order valence-electron chi connectivity index (χ3n) is 6.89. The Morgan fingerprint density at radius 3 is 2.09 bits per heavy atom. The number of amides is 1. The van der Waals surface area contributed by atoms with Crippen molar-refractivity contribution in [1.29, 1.82) is 0 Å². The minimum absolute atomic E-state index is 0.0384. The summed E-state index contributed by atoms with van der Waals surface area (Å²) in [4.78, 5) is 28.0. The molecule has 1 aromatic carbocycles. The number of carbonyl (C=O) groups is 2. The number of thioether (sulfide) groups is 1. The van der Waals surface area contributed by atoms with Gasteiger partial charge in [0.15, 0.2) is 11.8 Å². The van der Waals surface area contributed by atoms with Crippen molar-refractivity contribution in [2.45, 2.75) is 88.4 Å². The van der Waals surface area contributed by atoms with Gasteiger partial charge in [-0.1, -0.05) is 50.3 Å². The highest BCUT2D eigenvalue weighted by molar-refractivity contribution is 7.98. The van der Waals surface area contributed by atoms with Gasteiger partial charge in [0, 0.05) is 17.8 Å². The second-order valence-corrected chi connectivity index (χ2v) is 9.85. The average molecular weight is 471 g/mol. The summed E-state index contributed by atoms with van der Waals surface area (Å²) in [5, 5.41) is 9.07. The van der Waals surface area contributed by atoms with Gasteiger partial charge in [-0.15, -0.1) is 10.2 Å². The molecule has 0 bridgehead atoms. The predicted molar refractivity (Wildman–Crippen MR) is 129 cm³/mol. The van der Waals surface area contributed by atoms with E-state index >= 15 is 0 Å². The number of hydrogen-bond donors (Lipinski definition) is 0. The zero-order valence-electron chi connectivity index (χ0n) is 19.7. The van der Waals surface area contributed by atoms with Crippen LogP contribution in [0.15, 0.2) is 29.4 Å². The topological polar surface area (TPSA) is 77.3 Å². The van der Waals surface area contributed by atoms with Crippen molar-refractivity contribution < 1.29 is 14.3 Å². The number of ether oxygens (including phenoxy) is 1. The molecular weight excluding hydrogens is 436 g/mol. The molecule has 0 atom stereocenters. The summed E-state index contributed by atoms with van der Waals surface area (Å²) in [6, 6.07) is 7.75. The number of esters is 1. The zero-order chi connectivity index (χ0) is 23.2. The molecule has 4 rings (SSSR count). The first-order valence-electron chi connectivity index (χ1n) is 12.1. The Balaban J connectivity index is 1.40. The second kappa shape index (κ2) is 11.2. The molecule has 8 heteroatoms. The molecule has 2 aliphatic rings. The molecule has 0 spiro atoms. The highest BCUT2D eigenvalue weighted by Gasteiger charge is 2.32. The van der Waals surface area contributed by atoms with Crippen molar-refractivity contribution >= 4 is 23.6 Å². The number of carbonyl (C=O) groups excluding carboxylic acids is 2. The van der Waals surface area contributed by atoms with Gasteiger partial charge in [0.05, 0.1) is 5.56 Å². The molecule has 1 aromatic heterocycles. The van der Waals surface area contributed by atoms with Crippen molar-refractivity contribution in [2.24, 2.45) is 0 Å². The lowest BCUT2D eigenvalue weighted by Crippen LogP contribution is -2.50. The Kier molecular flexibility index (Phi) is 8.06. The summed E-state index contributed by atoms with van der Waals surface area (Å²) in [5.41, 5.74) is 1.32. The van der Waals surface area contributed by atoms with Gasteiger partial charge in [-0.05, 0) is 63.1 Å². The maximum Gasteiger partial charge on any atom is 0.338 e. The Morgan fingerprint density at radius 2 is 1.55 bits per heavy atom. The minimum atomic E-state index is -0.465. The maximum atomic E-state index is 13.2. The van der Waals surface area contributed by atoms with Crippen molar-refractivity contribution in [1.82, 2.24) is 19.7 Å². The lowest BCUT2D eigenvalue weighted by molar-refractivity contribution is -0.141. The van der Waals surface area contributed by atoms with E-state index in [1.807, 2.05) is 29.9 Å². The number of nitrogens with zero attached hydrogens (tertiary/aromatic N) is 4. The minimum Gasteiger partial charge on any atom is -0.452 e. The molecule has 0 aliphatic heterocycles. The first-order valence-corrected chi connectivity index (χ1v) is 13.4. The number of benzene rings is 1. The standard InChI is InChI=1S/C25H34N4O3S/c1-18-26-27-25(33-2)28(18)22-15-13-19(14-16-22)24(31)32-17-23(30)29(20-9-5-3-6-10-20)21-11-7-4-8-12-21/h13-16,20-21H,3-12,17H2,1-2H3. The summed E-state index contributed by atoms with van der Waals surface area (Å²) in [7, 11) is 0. The van der Waals surface area contributed by atoms with Crippen LogP contribution in [0.1, 0.15) is 80.4 Å². The Bertz CT molecular complexity index is 929. The first-order chi connectivity index (χ1) is 16.1. The summed E-state index contributed by atoms with van der Waals surface area (Å²) in [5.74, 6) is 0.280. The van der Waals surface area contributed by atoms with Crippen LogP contribution in [0.3, 0.4) is 0 Å². The molecule has 2 saturated carbocycles. The van der Waals surface area contributed by atoms with Crippen LogP contribution in [-0.2, 0) is 9.53 Å². The number of hydrogen-bond acceptors (Lipinski definition) is 6. The van der Waals surface area contributed by atoms with Crippen LogP contribution in [0.4, 0.5) is 0 Å². The SMILES string of the molecule is CSc1nnc(C)n1-c1ccc(C(=O)OCC(=O)N(C2CCCCC2)C2CCCCC2)cc1. The average Bonchev–Trinajstić information content (AvgIpc) is 3.24. The number of aromatic nitrogens is 3. The van der Waals surface area contributed by atoms with E-state index < -0.39 is 5.97 Å². The molecule has 2 aliphatic carbocycles. The van der Waals surface area contributed by atoms with Crippen LogP contribution >= 0.6 is 11.8 Å². The van der Waals surface area contributed by atoms with E-state index in [1.165, 1.54) is 50.3 Å². The molecular formula is C25H34N4O3S. The Morgan fingerprint density at radius 1 is 0.970 bits per heavy atom. The van der Waals surface area contributed by atoms with Crippen LogP contribution in [0.25, 0.3) is 5.69 Å². The van der Waals surface area contributed by atoms with Gasteiger partial charge in [-0.25, -0.2) is 4.79 Å². The van der Waals surface area contributed by atoms with Crippen LogP contribution < -0.4 is 0 Å². The van der Waals surface area contributed by atoms with Gasteiger partial charge in [0.25, 0.3) is 5.91 Å². The fourth-order valence-electron chi connectivity index (χ4n) is 5.23. The summed E-state index contributed by atoms with van der Waals surface area (Å²) >= 11 is 1.51. The maximum absolute atomic E-state index is 13.2. The molecule has 2 fully saturated rings. The van der Waals surface area contributed by atoms with Crippen LogP contribution in [0.5, 0.6) is 0 Å². The first kappa shape index (κ1) is 23.8. The van der Waals surface area contributed by atoms with Crippen molar-refractivity contribution in [3.63, 3.8) is 0 Å². The third-order valence-corrected chi connectivity index (χ3v) is 7.52. The molecule has 0 N–H and O–H groups in total. The quantitative estimate of drug-likeness (QED) is 0.421. The van der Waals surface area contributed by atoms with Crippen LogP contribution in [0.2, 0.25) is 0 Å².